The monoisotopic (exact) mass is 413 g/mol. The molecular weight excluding hydrogens is 386 g/mol. The SMILES string of the molecule is CCc1ccc(Cc2cn([C@H]3S[C@@H](CO)[C@@H](O)[C@H](O)[C@H]3O)c3ccccc23)cc1. The van der Waals surface area contributed by atoms with Gasteiger partial charge >= 0.3 is 0 Å². The molecule has 0 unspecified atom stereocenters. The maximum atomic E-state index is 10.7. The third-order valence-electron chi connectivity index (χ3n) is 5.79. The van der Waals surface area contributed by atoms with Crippen LogP contribution in [0.2, 0.25) is 0 Å². The first-order valence-electron chi connectivity index (χ1n) is 10.00. The third-order valence-corrected chi connectivity index (χ3v) is 7.35. The molecule has 0 amide bonds. The summed E-state index contributed by atoms with van der Waals surface area (Å²) in [4.78, 5) is 0. The maximum Gasteiger partial charge on any atom is 0.112 e. The summed E-state index contributed by atoms with van der Waals surface area (Å²) < 4.78 is 1.97. The number of aryl methyl sites for hydroxylation is 1. The summed E-state index contributed by atoms with van der Waals surface area (Å²) in [5, 5.41) is 40.7. The van der Waals surface area contributed by atoms with Crippen molar-refractivity contribution in [3.05, 3.63) is 71.4 Å². The van der Waals surface area contributed by atoms with E-state index in [4.69, 9.17) is 0 Å². The van der Waals surface area contributed by atoms with Crippen LogP contribution in [0.3, 0.4) is 0 Å². The summed E-state index contributed by atoms with van der Waals surface area (Å²) in [5.74, 6) is 0. The quantitative estimate of drug-likeness (QED) is 0.516. The molecule has 5 nitrogen and oxygen atoms in total. The molecule has 29 heavy (non-hydrogen) atoms. The molecule has 3 aromatic rings. The van der Waals surface area contributed by atoms with Crippen molar-refractivity contribution in [2.75, 3.05) is 6.61 Å². The van der Waals surface area contributed by atoms with Gasteiger partial charge in [0.15, 0.2) is 0 Å². The molecule has 0 spiro atoms. The number of nitrogens with zero attached hydrogens (tertiary/aromatic N) is 1. The van der Waals surface area contributed by atoms with Crippen molar-refractivity contribution in [1.82, 2.24) is 4.57 Å². The van der Waals surface area contributed by atoms with Crippen LogP contribution in [0.25, 0.3) is 10.9 Å². The number of thioether (sulfide) groups is 1. The molecule has 1 saturated heterocycles. The van der Waals surface area contributed by atoms with Gasteiger partial charge in [0.2, 0.25) is 0 Å². The standard InChI is InChI=1S/C23H27NO4S/c1-2-14-7-9-15(10-8-14)11-16-12-24(18-6-4-3-5-17(16)18)23-22(28)21(27)20(26)19(13-25)29-23/h3-10,12,19-23,25-28H,2,11,13H2,1H3/t19-,20+,21-,22+,23-/m0/s1. The number of aliphatic hydroxyl groups is 4. The van der Waals surface area contributed by atoms with E-state index in [0.29, 0.717) is 0 Å². The summed E-state index contributed by atoms with van der Waals surface area (Å²) in [6, 6.07) is 16.6. The van der Waals surface area contributed by atoms with Gasteiger partial charge in [-0.25, -0.2) is 0 Å². The summed E-state index contributed by atoms with van der Waals surface area (Å²) in [7, 11) is 0. The number of aliphatic hydroxyl groups excluding tert-OH is 4. The van der Waals surface area contributed by atoms with Gasteiger partial charge < -0.3 is 25.0 Å². The number of aromatic nitrogens is 1. The van der Waals surface area contributed by atoms with Crippen LogP contribution in [-0.2, 0) is 12.8 Å². The molecule has 1 aromatic heterocycles. The van der Waals surface area contributed by atoms with Gasteiger partial charge in [0.05, 0.1) is 18.0 Å². The summed E-state index contributed by atoms with van der Waals surface area (Å²) in [6.07, 6.45) is 0.207. The van der Waals surface area contributed by atoms with Crippen LogP contribution in [-0.4, -0.2) is 55.2 Å². The molecule has 4 rings (SSSR count). The lowest BCUT2D eigenvalue weighted by molar-refractivity contribution is -0.0764. The van der Waals surface area contributed by atoms with Gasteiger partial charge in [-0.05, 0) is 35.6 Å². The zero-order valence-electron chi connectivity index (χ0n) is 16.3. The van der Waals surface area contributed by atoms with Crippen molar-refractivity contribution < 1.29 is 20.4 Å². The molecule has 1 aliphatic rings. The predicted molar refractivity (Wildman–Crippen MR) is 116 cm³/mol. The fourth-order valence-corrected chi connectivity index (χ4v) is 5.45. The molecule has 1 fully saturated rings. The van der Waals surface area contributed by atoms with E-state index in [0.717, 1.165) is 29.3 Å². The van der Waals surface area contributed by atoms with Gasteiger partial charge in [-0.15, -0.1) is 11.8 Å². The first-order chi connectivity index (χ1) is 14.0. The minimum absolute atomic E-state index is 0.262. The molecule has 6 heteroatoms. The molecule has 0 radical (unpaired) electrons. The molecular formula is C23H27NO4S. The Bertz CT molecular complexity index is 969. The van der Waals surface area contributed by atoms with E-state index < -0.39 is 28.9 Å². The van der Waals surface area contributed by atoms with Crippen LogP contribution in [0, 0.1) is 0 Å². The van der Waals surface area contributed by atoms with Crippen LogP contribution in [0.15, 0.2) is 54.7 Å². The Balaban J connectivity index is 1.72. The number of rotatable bonds is 5. The van der Waals surface area contributed by atoms with Gasteiger partial charge in [0, 0.05) is 17.1 Å². The Morgan fingerprint density at radius 3 is 2.28 bits per heavy atom. The zero-order valence-corrected chi connectivity index (χ0v) is 17.2. The second-order valence-corrected chi connectivity index (χ2v) is 9.01. The summed E-state index contributed by atoms with van der Waals surface area (Å²) in [6.45, 7) is 1.88. The Labute approximate surface area is 174 Å². The normalized spacial score (nSPS) is 27.4. The van der Waals surface area contributed by atoms with Crippen LogP contribution in [0.1, 0.15) is 29.0 Å². The van der Waals surface area contributed by atoms with Crippen LogP contribution in [0.4, 0.5) is 0 Å². The average Bonchev–Trinajstić information content (AvgIpc) is 3.11. The minimum Gasteiger partial charge on any atom is -0.395 e. The number of benzene rings is 2. The second-order valence-electron chi connectivity index (χ2n) is 7.65. The summed E-state index contributed by atoms with van der Waals surface area (Å²) >= 11 is 1.30. The number of para-hydroxylation sites is 1. The highest BCUT2D eigenvalue weighted by Crippen LogP contribution is 2.42. The molecule has 4 N–H and O–H groups in total. The number of fused-ring (bicyclic) bond motifs is 1. The zero-order chi connectivity index (χ0) is 20.5. The van der Waals surface area contributed by atoms with Gasteiger partial charge in [0.1, 0.15) is 17.6 Å². The van der Waals surface area contributed by atoms with Crippen molar-refractivity contribution in [3.8, 4) is 0 Å². The van der Waals surface area contributed by atoms with Crippen LogP contribution < -0.4 is 0 Å². The van der Waals surface area contributed by atoms with Gasteiger partial charge in [0.25, 0.3) is 0 Å². The molecule has 5 atom stereocenters. The van der Waals surface area contributed by atoms with Gasteiger partial charge in [-0.1, -0.05) is 49.4 Å². The molecule has 2 aromatic carbocycles. The smallest absolute Gasteiger partial charge is 0.112 e. The van der Waals surface area contributed by atoms with Crippen molar-refractivity contribution in [3.63, 3.8) is 0 Å². The highest BCUT2D eigenvalue weighted by atomic mass is 32.2. The Hall–Kier alpha value is -1.83. The largest absolute Gasteiger partial charge is 0.395 e. The Morgan fingerprint density at radius 2 is 1.59 bits per heavy atom. The van der Waals surface area contributed by atoms with E-state index in [2.05, 4.69) is 37.3 Å². The predicted octanol–water partition coefficient (Wildman–Crippen LogP) is 2.48. The van der Waals surface area contributed by atoms with Crippen molar-refractivity contribution >= 4 is 22.7 Å². The minimum atomic E-state index is -1.30. The molecule has 2 heterocycles. The Morgan fingerprint density at radius 1 is 0.897 bits per heavy atom. The molecule has 0 aliphatic carbocycles. The number of hydrogen-bond acceptors (Lipinski definition) is 5. The second kappa shape index (κ2) is 8.50. The van der Waals surface area contributed by atoms with Crippen molar-refractivity contribution in [2.45, 2.75) is 48.7 Å². The van der Waals surface area contributed by atoms with E-state index in [1.165, 1.54) is 22.9 Å². The lowest BCUT2D eigenvalue weighted by Gasteiger charge is -2.40. The highest BCUT2D eigenvalue weighted by Gasteiger charge is 2.44. The van der Waals surface area contributed by atoms with Crippen LogP contribution >= 0.6 is 11.8 Å². The van der Waals surface area contributed by atoms with E-state index in [1.807, 2.05) is 29.0 Å². The van der Waals surface area contributed by atoms with E-state index >= 15 is 0 Å². The highest BCUT2D eigenvalue weighted by molar-refractivity contribution is 8.00. The first-order valence-corrected chi connectivity index (χ1v) is 10.9. The first kappa shape index (κ1) is 20.4. The number of hydrogen-bond donors (Lipinski definition) is 4. The fourth-order valence-electron chi connectivity index (χ4n) is 4.05. The van der Waals surface area contributed by atoms with Crippen molar-refractivity contribution in [1.29, 1.82) is 0 Å². The van der Waals surface area contributed by atoms with Gasteiger partial charge in [-0.3, -0.25) is 0 Å². The lowest BCUT2D eigenvalue weighted by atomic mass is 10.0. The molecule has 0 bridgehead atoms. The molecule has 1 aliphatic heterocycles. The average molecular weight is 414 g/mol. The molecule has 0 saturated carbocycles. The maximum absolute atomic E-state index is 10.7. The fraction of sp³-hybridized carbons (Fsp3) is 0.391. The van der Waals surface area contributed by atoms with E-state index in [1.54, 1.807) is 0 Å². The topological polar surface area (TPSA) is 85.9 Å². The summed E-state index contributed by atoms with van der Waals surface area (Å²) in [5.41, 5.74) is 4.62. The third kappa shape index (κ3) is 3.83. The molecule has 154 valence electrons. The van der Waals surface area contributed by atoms with E-state index in [-0.39, 0.29) is 6.61 Å². The van der Waals surface area contributed by atoms with Gasteiger partial charge in [-0.2, -0.15) is 0 Å². The van der Waals surface area contributed by atoms with Crippen molar-refractivity contribution in [2.24, 2.45) is 0 Å². The Kier molecular flexibility index (Phi) is 5.99. The lowest BCUT2D eigenvalue weighted by Crippen LogP contribution is -2.52. The van der Waals surface area contributed by atoms with Crippen LogP contribution in [0.5, 0.6) is 0 Å². The van der Waals surface area contributed by atoms with E-state index in [9.17, 15) is 20.4 Å².